The van der Waals surface area contributed by atoms with Crippen molar-refractivity contribution in [2.75, 3.05) is 25.1 Å². The van der Waals surface area contributed by atoms with Crippen molar-refractivity contribution in [1.82, 2.24) is 4.72 Å². The summed E-state index contributed by atoms with van der Waals surface area (Å²) in [6.45, 7) is 5.32. The van der Waals surface area contributed by atoms with E-state index in [0.717, 1.165) is 56.4 Å². The normalized spacial score (nSPS) is 28.0. The molecule has 2 aromatic rings. The number of carbonyl (C=O) groups excluding carboxylic acids is 2. The highest BCUT2D eigenvalue weighted by Crippen LogP contribution is 2.44. The molecule has 2 heterocycles. The lowest BCUT2D eigenvalue weighted by molar-refractivity contribution is -0.142. The van der Waals surface area contributed by atoms with Crippen LogP contribution in [0.4, 0.5) is 5.69 Å². The summed E-state index contributed by atoms with van der Waals surface area (Å²) in [5, 5.41) is -0.0984. The predicted octanol–water partition coefficient (Wildman–Crippen LogP) is 6.31. The molecule has 1 amide bonds. The number of hydrogen-bond acceptors (Lipinski definition) is 7. The van der Waals surface area contributed by atoms with Crippen LogP contribution < -0.4 is 14.4 Å². The third-order valence-electron chi connectivity index (χ3n) is 9.77. The third-order valence-corrected chi connectivity index (χ3v) is 11.9. The van der Waals surface area contributed by atoms with Gasteiger partial charge in [0.2, 0.25) is 10.0 Å². The van der Waals surface area contributed by atoms with Gasteiger partial charge in [-0.25, -0.2) is 13.1 Å². The number of benzene rings is 2. The molecular formula is C34H43ClN2O6S. The molecule has 3 aliphatic rings. The number of halogens is 1. The highest BCUT2D eigenvalue weighted by Gasteiger charge is 2.38. The van der Waals surface area contributed by atoms with Crippen LogP contribution in [-0.4, -0.2) is 45.7 Å². The Balaban J connectivity index is 1.55. The Morgan fingerprint density at radius 1 is 1.11 bits per heavy atom. The van der Waals surface area contributed by atoms with E-state index >= 15 is 0 Å². The SMILES string of the molecule is COC(=O)CC1/C=C/C[C@H](C)[C@@H](C)S(=O)(=O)NC(=O)c2ccc3c(c2)N(CCCCc2cc(Cl)ccc2CO3)C[C@@H]2CC[C@@H]12. The molecule has 5 rings (SSSR count). The Kier molecular flexibility index (Phi) is 10.3. The summed E-state index contributed by atoms with van der Waals surface area (Å²) < 4.78 is 40.3. The Morgan fingerprint density at radius 2 is 1.93 bits per heavy atom. The van der Waals surface area contributed by atoms with E-state index in [4.69, 9.17) is 21.1 Å². The first-order valence-electron chi connectivity index (χ1n) is 15.6. The molecule has 1 fully saturated rings. The fourth-order valence-electron chi connectivity index (χ4n) is 6.63. The van der Waals surface area contributed by atoms with Gasteiger partial charge in [-0.2, -0.15) is 0 Å². The van der Waals surface area contributed by atoms with E-state index in [1.807, 2.05) is 31.2 Å². The van der Waals surface area contributed by atoms with Gasteiger partial charge in [-0.1, -0.05) is 36.7 Å². The maximum atomic E-state index is 13.4. The van der Waals surface area contributed by atoms with Crippen molar-refractivity contribution in [3.8, 4) is 5.75 Å². The maximum Gasteiger partial charge on any atom is 0.306 e. The molecule has 238 valence electrons. The molecule has 0 radical (unpaired) electrons. The van der Waals surface area contributed by atoms with E-state index < -0.39 is 21.2 Å². The number of hydrogen-bond donors (Lipinski definition) is 1. The number of allylic oxidation sites excluding steroid dienone is 2. The van der Waals surface area contributed by atoms with Crippen LogP contribution in [0.2, 0.25) is 5.02 Å². The Labute approximate surface area is 266 Å². The van der Waals surface area contributed by atoms with Gasteiger partial charge >= 0.3 is 5.97 Å². The molecule has 2 bridgehead atoms. The lowest BCUT2D eigenvalue weighted by Crippen LogP contribution is -2.42. The number of amides is 1. The molecule has 0 saturated heterocycles. The summed E-state index contributed by atoms with van der Waals surface area (Å²) >= 11 is 6.32. The van der Waals surface area contributed by atoms with Gasteiger partial charge in [0, 0.05) is 23.7 Å². The first-order chi connectivity index (χ1) is 21.1. The number of nitrogens with zero attached hydrogens (tertiary/aromatic N) is 1. The molecule has 2 aliphatic heterocycles. The molecule has 5 atom stereocenters. The van der Waals surface area contributed by atoms with Crippen molar-refractivity contribution in [2.45, 2.75) is 70.7 Å². The standard InChI is InChI=1S/C34H43ClN2O6S/c1-22-7-6-9-25(19-33(38)42-3)30-14-11-27(30)20-37-16-5-4-8-24-17-29(35)13-10-28(24)21-43-32-15-12-26(18-31(32)37)34(39)36-44(40,41)23(22)2/h6,9-10,12-13,15,17-18,22-23,25,27,30H,4-5,7-8,11,14,16,19-21H2,1-3H3,(H,36,39)/b9-6+/t22-,23+,25?,27-,30-/m0/s1. The van der Waals surface area contributed by atoms with Crippen LogP contribution in [0.3, 0.4) is 0 Å². The van der Waals surface area contributed by atoms with Crippen LogP contribution in [-0.2, 0) is 32.6 Å². The van der Waals surface area contributed by atoms with E-state index in [-0.39, 0.29) is 35.7 Å². The summed E-state index contributed by atoms with van der Waals surface area (Å²) in [6.07, 6.45) is 9.68. The van der Waals surface area contributed by atoms with Gasteiger partial charge in [0.05, 0.1) is 24.5 Å². The van der Waals surface area contributed by atoms with Crippen molar-refractivity contribution in [3.63, 3.8) is 0 Å². The topological polar surface area (TPSA) is 102 Å². The van der Waals surface area contributed by atoms with Crippen molar-refractivity contribution in [2.24, 2.45) is 23.7 Å². The molecule has 10 heteroatoms. The first kappa shape index (κ1) is 32.4. The number of esters is 1. The minimum atomic E-state index is -3.94. The van der Waals surface area contributed by atoms with Crippen molar-refractivity contribution in [3.05, 3.63) is 70.3 Å². The van der Waals surface area contributed by atoms with Gasteiger partial charge in [0.1, 0.15) is 12.4 Å². The summed E-state index contributed by atoms with van der Waals surface area (Å²) in [7, 11) is -2.53. The second-order valence-electron chi connectivity index (χ2n) is 12.6. The number of nitrogens with one attached hydrogen (secondary N) is 1. The Morgan fingerprint density at radius 3 is 2.68 bits per heavy atom. The average molecular weight is 643 g/mol. The van der Waals surface area contributed by atoms with E-state index in [0.29, 0.717) is 29.7 Å². The Bertz CT molecular complexity index is 1510. The second kappa shape index (κ2) is 13.9. The zero-order valence-corrected chi connectivity index (χ0v) is 27.3. The average Bonchev–Trinajstić information content (AvgIpc) is 3.01. The highest BCUT2D eigenvalue weighted by molar-refractivity contribution is 7.90. The smallest absolute Gasteiger partial charge is 0.306 e. The number of carbonyl (C=O) groups is 2. The number of ether oxygens (including phenoxy) is 2. The maximum absolute atomic E-state index is 13.4. The van der Waals surface area contributed by atoms with Gasteiger partial charge in [-0.05, 0) is 111 Å². The van der Waals surface area contributed by atoms with E-state index in [1.54, 1.807) is 25.1 Å². The van der Waals surface area contributed by atoms with Crippen LogP contribution in [0.1, 0.15) is 73.9 Å². The predicted molar refractivity (Wildman–Crippen MR) is 172 cm³/mol. The largest absolute Gasteiger partial charge is 0.487 e. The lowest BCUT2D eigenvalue weighted by Gasteiger charge is -2.44. The van der Waals surface area contributed by atoms with Crippen LogP contribution >= 0.6 is 11.6 Å². The highest BCUT2D eigenvalue weighted by atomic mass is 35.5. The van der Waals surface area contributed by atoms with Gasteiger partial charge < -0.3 is 14.4 Å². The third kappa shape index (κ3) is 7.42. The molecule has 1 aliphatic carbocycles. The quantitative estimate of drug-likeness (QED) is 0.303. The first-order valence-corrected chi connectivity index (χ1v) is 17.6. The van der Waals surface area contributed by atoms with E-state index in [2.05, 4.69) is 15.7 Å². The van der Waals surface area contributed by atoms with Crippen molar-refractivity contribution >= 4 is 39.2 Å². The minimum Gasteiger partial charge on any atom is -0.487 e. The van der Waals surface area contributed by atoms with Crippen LogP contribution in [0.15, 0.2) is 48.6 Å². The molecule has 1 N–H and O–H groups in total. The number of sulfonamides is 1. The van der Waals surface area contributed by atoms with Crippen LogP contribution in [0.5, 0.6) is 5.75 Å². The fraction of sp³-hybridized carbons (Fsp3) is 0.529. The summed E-state index contributed by atoms with van der Waals surface area (Å²) in [5.41, 5.74) is 3.27. The molecule has 1 saturated carbocycles. The minimum absolute atomic E-state index is 0.00171. The number of rotatable bonds is 2. The lowest BCUT2D eigenvalue weighted by atomic mass is 9.65. The Hall–Kier alpha value is -3.04. The monoisotopic (exact) mass is 642 g/mol. The number of aryl methyl sites for hydroxylation is 1. The summed E-state index contributed by atoms with van der Waals surface area (Å²) in [6, 6.07) is 11.0. The van der Waals surface area contributed by atoms with Crippen LogP contribution in [0.25, 0.3) is 0 Å². The molecule has 2 aromatic carbocycles. The molecule has 0 spiro atoms. The second-order valence-corrected chi connectivity index (χ2v) is 15.0. The summed E-state index contributed by atoms with van der Waals surface area (Å²) in [4.78, 5) is 28.1. The number of methoxy groups -OCH3 is 1. The zero-order chi connectivity index (χ0) is 31.4. The molecule has 0 aromatic heterocycles. The zero-order valence-electron chi connectivity index (χ0n) is 25.8. The van der Waals surface area contributed by atoms with Gasteiger partial charge in [-0.3, -0.25) is 9.59 Å². The van der Waals surface area contributed by atoms with Gasteiger partial charge in [0.25, 0.3) is 5.91 Å². The number of fused-ring (bicyclic) bond motifs is 3. The van der Waals surface area contributed by atoms with Gasteiger partial charge in [-0.15, -0.1) is 0 Å². The van der Waals surface area contributed by atoms with Crippen molar-refractivity contribution in [1.29, 1.82) is 0 Å². The molecule has 1 unspecified atom stereocenters. The van der Waals surface area contributed by atoms with Crippen LogP contribution in [0, 0.1) is 23.7 Å². The van der Waals surface area contributed by atoms with E-state index in [9.17, 15) is 18.0 Å². The molecular weight excluding hydrogens is 600 g/mol. The van der Waals surface area contributed by atoms with Crippen molar-refractivity contribution < 1.29 is 27.5 Å². The fourth-order valence-corrected chi connectivity index (χ4v) is 8.11. The number of anilines is 1. The van der Waals surface area contributed by atoms with Gasteiger partial charge in [0.15, 0.2) is 0 Å². The molecule has 44 heavy (non-hydrogen) atoms. The molecule has 8 nitrogen and oxygen atoms in total. The summed E-state index contributed by atoms with van der Waals surface area (Å²) in [5.74, 6) is 0.124. The van der Waals surface area contributed by atoms with E-state index in [1.165, 1.54) is 12.7 Å².